The SMILES string of the molecule is CC(C)(C)c1ccccc1-c1c(N(c2ccc(C3CCCCC3)cc2)c2ccc3c(c2)C(C)(C)c2cccc(-c4ccccc4)c2-3)ccc2ccccc12. The molecule has 0 saturated heterocycles. The third-order valence-corrected chi connectivity index (χ3v) is 12.4. The normalized spacial score (nSPS) is 15.2. The van der Waals surface area contributed by atoms with Gasteiger partial charge in [0, 0.05) is 22.4 Å². The fourth-order valence-corrected chi connectivity index (χ4v) is 9.62. The summed E-state index contributed by atoms with van der Waals surface area (Å²) in [5.41, 5.74) is 16.8. The molecule has 0 radical (unpaired) electrons. The molecule has 0 aromatic heterocycles. The van der Waals surface area contributed by atoms with Crippen LogP contribution in [0.25, 0.3) is 44.2 Å². The zero-order chi connectivity index (χ0) is 37.0. The third kappa shape index (κ3) is 5.86. The van der Waals surface area contributed by atoms with Gasteiger partial charge in [-0.3, -0.25) is 0 Å². The van der Waals surface area contributed by atoms with E-state index < -0.39 is 0 Å². The van der Waals surface area contributed by atoms with Crippen LogP contribution in [0.15, 0.2) is 152 Å². The van der Waals surface area contributed by atoms with Gasteiger partial charge in [0.1, 0.15) is 0 Å². The fourth-order valence-electron chi connectivity index (χ4n) is 9.62. The van der Waals surface area contributed by atoms with Crippen LogP contribution in [0, 0.1) is 0 Å². The van der Waals surface area contributed by atoms with E-state index in [-0.39, 0.29) is 10.8 Å². The smallest absolute Gasteiger partial charge is 0.0546 e. The molecule has 7 aromatic carbocycles. The lowest BCUT2D eigenvalue weighted by Gasteiger charge is -2.32. The number of hydrogen-bond donors (Lipinski definition) is 0. The molecule has 1 heteroatoms. The number of hydrogen-bond acceptors (Lipinski definition) is 1. The minimum atomic E-state index is -0.160. The van der Waals surface area contributed by atoms with Crippen LogP contribution in [0.2, 0.25) is 0 Å². The number of fused-ring (bicyclic) bond motifs is 4. The van der Waals surface area contributed by atoms with E-state index in [9.17, 15) is 0 Å². The zero-order valence-corrected chi connectivity index (χ0v) is 32.5. The van der Waals surface area contributed by atoms with Crippen molar-refractivity contribution in [2.75, 3.05) is 4.90 Å². The summed E-state index contributed by atoms with van der Waals surface area (Å²) < 4.78 is 0. The van der Waals surface area contributed by atoms with Gasteiger partial charge in [0.25, 0.3) is 0 Å². The van der Waals surface area contributed by atoms with E-state index in [0.29, 0.717) is 5.92 Å². The Morgan fingerprint density at radius 3 is 2.00 bits per heavy atom. The van der Waals surface area contributed by atoms with Crippen molar-refractivity contribution in [1.82, 2.24) is 0 Å². The Morgan fingerprint density at radius 1 is 0.537 bits per heavy atom. The molecule has 1 nitrogen and oxygen atoms in total. The largest absolute Gasteiger partial charge is 0.310 e. The summed E-state index contributed by atoms with van der Waals surface area (Å²) in [5, 5.41) is 2.53. The second kappa shape index (κ2) is 13.5. The quantitative estimate of drug-likeness (QED) is 0.167. The van der Waals surface area contributed by atoms with E-state index in [0.717, 1.165) is 0 Å². The Morgan fingerprint density at radius 2 is 1.22 bits per heavy atom. The van der Waals surface area contributed by atoms with E-state index in [2.05, 4.69) is 191 Å². The summed E-state index contributed by atoms with van der Waals surface area (Å²) in [5.74, 6) is 0.661. The van der Waals surface area contributed by atoms with Crippen LogP contribution in [-0.4, -0.2) is 0 Å². The lowest BCUT2D eigenvalue weighted by atomic mass is 9.80. The van der Waals surface area contributed by atoms with Crippen LogP contribution in [0.5, 0.6) is 0 Å². The maximum absolute atomic E-state index is 2.54. The molecule has 0 N–H and O–H groups in total. The molecule has 7 aromatic rings. The minimum absolute atomic E-state index is 0.0306. The second-order valence-corrected chi connectivity index (χ2v) is 17.2. The first-order valence-electron chi connectivity index (χ1n) is 20.1. The van der Waals surface area contributed by atoms with Crippen LogP contribution in [0.1, 0.15) is 94.9 Å². The highest BCUT2D eigenvalue weighted by Gasteiger charge is 2.38. The predicted octanol–water partition coefficient (Wildman–Crippen LogP) is 15.3. The summed E-state index contributed by atoms with van der Waals surface area (Å²) in [6, 6.07) is 57.3. The Labute approximate surface area is 322 Å². The van der Waals surface area contributed by atoms with Crippen molar-refractivity contribution in [2.45, 2.75) is 83.5 Å². The molecule has 54 heavy (non-hydrogen) atoms. The van der Waals surface area contributed by atoms with E-state index in [4.69, 9.17) is 0 Å². The highest BCUT2D eigenvalue weighted by atomic mass is 15.1. The van der Waals surface area contributed by atoms with Crippen molar-refractivity contribution in [1.29, 1.82) is 0 Å². The van der Waals surface area contributed by atoms with E-state index in [1.54, 1.807) is 0 Å². The Balaban J connectivity index is 1.28. The first kappa shape index (κ1) is 34.4. The minimum Gasteiger partial charge on any atom is -0.310 e. The number of nitrogens with zero attached hydrogens (tertiary/aromatic N) is 1. The van der Waals surface area contributed by atoms with Crippen molar-refractivity contribution in [3.63, 3.8) is 0 Å². The van der Waals surface area contributed by atoms with Gasteiger partial charge in [0.15, 0.2) is 0 Å². The predicted molar refractivity (Wildman–Crippen MR) is 232 cm³/mol. The third-order valence-electron chi connectivity index (χ3n) is 12.4. The van der Waals surface area contributed by atoms with Crippen molar-refractivity contribution >= 4 is 27.8 Å². The average molecular weight is 702 g/mol. The molecule has 1 fully saturated rings. The molecule has 0 heterocycles. The average Bonchev–Trinajstić information content (AvgIpc) is 3.44. The molecule has 1 saturated carbocycles. The number of benzene rings is 7. The van der Waals surface area contributed by atoms with E-state index >= 15 is 0 Å². The summed E-state index contributed by atoms with van der Waals surface area (Å²) >= 11 is 0. The first-order chi connectivity index (χ1) is 26.2. The van der Waals surface area contributed by atoms with Gasteiger partial charge >= 0.3 is 0 Å². The standard InChI is InChI=1S/C53H51N/c1-52(2,3)46-25-15-14-23-44(46)51-43-22-13-12-21-39(43)29-34-49(51)54(40-30-27-37(28-31-40)36-17-8-6-9-18-36)41-32-33-45-48(35-41)53(4,5)47-26-16-24-42(50(45)47)38-19-10-7-11-20-38/h7,10-16,19-36H,6,8-9,17-18H2,1-5H3. The lowest BCUT2D eigenvalue weighted by Crippen LogP contribution is -2.17. The fraction of sp³-hybridized carbons (Fsp3) is 0.245. The summed E-state index contributed by atoms with van der Waals surface area (Å²) in [4.78, 5) is 2.54. The molecular weight excluding hydrogens is 651 g/mol. The van der Waals surface area contributed by atoms with Gasteiger partial charge in [0.2, 0.25) is 0 Å². The monoisotopic (exact) mass is 701 g/mol. The summed E-state index contributed by atoms with van der Waals surface area (Å²) in [6.07, 6.45) is 6.64. The van der Waals surface area contributed by atoms with Gasteiger partial charge in [-0.1, -0.05) is 175 Å². The van der Waals surface area contributed by atoms with Crippen LogP contribution >= 0.6 is 0 Å². The maximum atomic E-state index is 2.54. The molecule has 0 bridgehead atoms. The van der Waals surface area contributed by atoms with Gasteiger partial charge < -0.3 is 4.90 Å². The van der Waals surface area contributed by atoms with Gasteiger partial charge in [0.05, 0.1) is 5.69 Å². The maximum Gasteiger partial charge on any atom is 0.0546 e. The van der Waals surface area contributed by atoms with Crippen molar-refractivity contribution in [2.24, 2.45) is 0 Å². The van der Waals surface area contributed by atoms with Crippen LogP contribution < -0.4 is 4.90 Å². The van der Waals surface area contributed by atoms with Crippen molar-refractivity contribution < 1.29 is 0 Å². The van der Waals surface area contributed by atoms with Crippen molar-refractivity contribution in [3.8, 4) is 33.4 Å². The summed E-state index contributed by atoms with van der Waals surface area (Å²) in [7, 11) is 0. The Hall–Kier alpha value is -5.40. The van der Waals surface area contributed by atoms with Gasteiger partial charge in [-0.25, -0.2) is 0 Å². The zero-order valence-electron chi connectivity index (χ0n) is 32.5. The summed E-state index contributed by atoms with van der Waals surface area (Å²) in [6.45, 7) is 11.8. The van der Waals surface area contributed by atoms with Crippen molar-refractivity contribution in [3.05, 3.63) is 174 Å². The highest BCUT2D eigenvalue weighted by Crippen LogP contribution is 2.54. The molecule has 9 rings (SSSR count). The lowest BCUT2D eigenvalue weighted by molar-refractivity contribution is 0.443. The van der Waals surface area contributed by atoms with E-state index in [1.165, 1.54) is 116 Å². The first-order valence-corrected chi connectivity index (χ1v) is 20.1. The van der Waals surface area contributed by atoms with Crippen LogP contribution in [-0.2, 0) is 10.8 Å². The Bertz CT molecular complexity index is 2470. The van der Waals surface area contributed by atoms with Gasteiger partial charge in [-0.15, -0.1) is 0 Å². The Kier molecular flexibility index (Phi) is 8.57. The number of rotatable bonds is 6. The molecule has 0 amide bonds. The van der Waals surface area contributed by atoms with Gasteiger partial charge in [-0.2, -0.15) is 0 Å². The molecule has 2 aliphatic carbocycles. The van der Waals surface area contributed by atoms with Gasteiger partial charge in [-0.05, 0) is 115 Å². The van der Waals surface area contributed by atoms with E-state index in [1.807, 2.05) is 0 Å². The molecule has 0 spiro atoms. The van der Waals surface area contributed by atoms with Crippen LogP contribution in [0.3, 0.4) is 0 Å². The molecule has 2 aliphatic rings. The molecule has 0 aliphatic heterocycles. The second-order valence-electron chi connectivity index (χ2n) is 17.2. The number of anilines is 3. The molecule has 268 valence electrons. The molecular formula is C53H51N. The molecule has 0 unspecified atom stereocenters. The highest BCUT2D eigenvalue weighted by molar-refractivity contribution is 6.06. The molecule has 0 atom stereocenters. The van der Waals surface area contributed by atoms with Crippen LogP contribution in [0.4, 0.5) is 17.1 Å². The topological polar surface area (TPSA) is 3.24 Å².